The molecule has 2 aromatic rings. The lowest BCUT2D eigenvalue weighted by Gasteiger charge is -2.18. The molecular weight excluding hydrogens is 230 g/mol. The van der Waals surface area contributed by atoms with Gasteiger partial charge in [-0.25, -0.2) is 0 Å². The van der Waals surface area contributed by atoms with Crippen LogP contribution in [0.25, 0.3) is 11.1 Å². The van der Waals surface area contributed by atoms with Crippen molar-refractivity contribution in [1.82, 2.24) is 0 Å². The molecule has 100 valence electrons. The number of hydrogen-bond acceptors (Lipinski definition) is 1. The van der Waals surface area contributed by atoms with Crippen LogP contribution in [0, 0.1) is 5.92 Å². The molecule has 0 unspecified atom stereocenters. The topological polar surface area (TPSA) is 26.0 Å². The summed E-state index contributed by atoms with van der Waals surface area (Å²) < 4.78 is 0. The molecule has 0 bridgehead atoms. The van der Waals surface area contributed by atoms with Crippen molar-refractivity contribution in [1.29, 1.82) is 0 Å². The molecule has 0 aliphatic heterocycles. The highest BCUT2D eigenvalue weighted by molar-refractivity contribution is 5.64. The van der Waals surface area contributed by atoms with Gasteiger partial charge in [0.25, 0.3) is 0 Å². The lowest BCUT2D eigenvalue weighted by atomic mass is 9.89. The van der Waals surface area contributed by atoms with Crippen LogP contribution in [-0.2, 0) is 0 Å². The normalized spacial score (nSPS) is 12.6. The molecule has 2 aromatic carbocycles. The van der Waals surface area contributed by atoms with E-state index in [1.807, 2.05) is 0 Å². The minimum atomic E-state index is 0.462. The van der Waals surface area contributed by atoms with Crippen LogP contribution in [0.4, 0.5) is 0 Å². The minimum absolute atomic E-state index is 0.462. The van der Waals surface area contributed by atoms with E-state index in [2.05, 4.69) is 68.4 Å². The summed E-state index contributed by atoms with van der Waals surface area (Å²) >= 11 is 0. The maximum atomic E-state index is 5.94. The standard InChI is InChI=1S/C18H23N/c1-14(2)11-18(13-19)17-10-6-9-16(12-17)15-7-4-3-5-8-15/h3-10,12,14,18H,11,13,19H2,1-2H3/t18-/m1/s1. The number of rotatable bonds is 5. The molecule has 0 spiro atoms. The maximum Gasteiger partial charge on any atom is -0.000813 e. The first-order valence-corrected chi connectivity index (χ1v) is 7.06. The Kier molecular flexibility index (Phi) is 4.75. The molecule has 0 amide bonds. The van der Waals surface area contributed by atoms with Crippen molar-refractivity contribution in [3.05, 3.63) is 60.2 Å². The summed E-state index contributed by atoms with van der Waals surface area (Å²) in [6.45, 7) is 5.23. The Bertz CT molecular complexity index is 502. The van der Waals surface area contributed by atoms with Gasteiger partial charge in [0.1, 0.15) is 0 Å². The van der Waals surface area contributed by atoms with Gasteiger partial charge in [0.05, 0.1) is 0 Å². The third kappa shape index (κ3) is 3.68. The van der Waals surface area contributed by atoms with E-state index in [-0.39, 0.29) is 0 Å². The molecular formula is C18H23N. The maximum absolute atomic E-state index is 5.94. The predicted octanol–water partition coefficient (Wildman–Crippen LogP) is 4.44. The molecule has 2 N–H and O–H groups in total. The summed E-state index contributed by atoms with van der Waals surface area (Å²) in [4.78, 5) is 0. The molecule has 0 aliphatic carbocycles. The zero-order valence-electron chi connectivity index (χ0n) is 11.8. The highest BCUT2D eigenvalue weighted by atomic mass is 14.5. The monoisotopic (exact) mass is 253 g/mol. The summed E-state index contributed by atoms with van der Waals surface area (Å²) in [6, 6.07) is 19.3. The average Bonchev–Trinajstić information content (AvgIpc) is 2.45. The van der Waals surface area contributed by atoms with Crippen LogP contribution < -0.4 is 5.73 Å². The van der Waals surface area contributed by atoms with Gasteiger partial charge in [-0.1, -0.05) is 68.4 Å². The van der Waals surface area contributed by atoms with E-state index in [1.54, 1.807) is 0 Å². The summed E-state index contributed by atoms with van der Waals surface area (Å²) in [7, 11) is 0. The molecule has 0 radical (unpaired) electrons. The first kappa shape index (κ1) is 13.8. The van der Waals surface area contributed by atoms with Crippen molar-refractivity contribution >= 4 is 0 Å². The molecule has 2 rings (SSSR count). The summed E-state index contributed by atoms with van der Waals surface area (Å²) in [5.74, 6) is 1.14. The number of hydrogen-bond donors (Lipinski definition) is 1. The molecule has 19 heavy (non-hydrogen) atoms. The van der Waals surface area contributed by atoms with E-state index in [4.69, 9.17) is 5.73 Å². The molecule has 0 saturated heterocycles. The van der Waals surface area contributed by atoms with Gasteiger partial charge in [0.15, 0.2) is 0 Å². The number of benzene rings is 2. The summed E-state index contributed by atoms with van der Waals surface area (Å²) in [5, 5.41) is 0. The van der Waals surface area contributed by atoms with Crippen LogP contribution in [0.15, 0.2) is 54.6 Å². The molecule has 1 atom stereocenters. The minimum Gasteiger partial charge on any atom is -0.330 e. The highest BCUT2D eigenvalue weighted by Gasteiger charge is 2.12. The van der Waals surface area contributed by atoms with Crippen molar-refractivity contribution in [2.75, 3.05) is 6.54 Å². The number of nitrogens with two attached hydrogens (primary N) is 1. The quantitative estimate of drug-likeness (QED) is 0.837. The fourth-order valence-electron chi connectivity index (χ4n) is 2.54. The van der Waals surface area contributed by atoms with Crippen molar-refractivity contribution in [2.24, 2.45) is 11.7 Å². The second-order valence-electron chi connectivity index (χ2n) is 5.55. The molecule has 1 heteroatoms. The van der Waals surface area contributed by atoms with Gasteiger partial charge in [0, 0.05) is 0 Å². The fourth-order valence-corrected chi connectivity index (χ4v) is 2.54. The molecule has 0 aliphatic rings. The van der Waals surface area contributed by atoms with E-state index < -0.39 is 0 Å². The van der Waals surface area contributed by atoms with Crippen LogP contribution in [0.2, 0.25) is 0 Å². The van der Waals surface area contributed by atoms with Crippen molar-refractivity contribution < 1.29 is 0 Å². The van der Waals surface area contributed by atoms with Crippen molar-refractivity contribution in [2.45, 2.75) is 26.2 Å². The van der Waals surface area contributed by atoms with Crippen LogP contribution >= 0.6 is 0 Å². The SMILES string of the molecule is CC(C)C[C@H](CN)c1cccc(-c2ccccc2)c1. The van der Waals surface area contributed by atoms with Gasteiger partial charge < -0.3 is 5.73 Å². The van der Waals surface area contributed by atoms with Crippen LogP contribution in [-0.4, -0.2) is 6.54 Å². The lowest BCUT2D eigenvalue weighted by molar-refractivity contribution is 0.504. The second kappa shape index (κ2) is 6.53. The van der Waals surface area contributed by atoms with Gasteiger partial charge in [-0.3, -0.25) is 0 Å². The molecule has 0 heterocycles. The fraction of sp³-hybridized carbons (Fsp3) is 0.333. The molecule has 0 saturated carbocycles. The van der Waals surface area contributed by atoms with Crippen LogP contribution in [0.5, 0.6) is 0 Å². The Labute approximate surface area is 116 Å². The Morgan fingerprint density at radius 2 is 1.58 bits per heavy atom. The van der Waals surface area contributed by atoms with E-state index in [0.717, 1.165) is 13.0 Å². The van der Waals surface area contributed by atoms with Crippen LogP contribution in [0.3, 0.4) is 0 Å². The van der Waals surface area contributed by atoms with Crippen molar-refractivity contribution in [3.8, 4) is 11.1 Å². The van der Waals surface area contributed by atoms with Gasteiger partial charge >= 0.3 is 0 Å². The average molecular weight is 253 g/mol. The van der Waals surface area contributed by atoms with Gasteiger partial charge in [-0.15, -0.1) is 0 Å². The van der Waals surface area contributed by atoms with Gasteiger partial charge in [0.2, 0.25) is 0 Å². The molecule has 0 fully saturated rings. The largest absolute Gasteiger partial charge is 0.330 e. The summed E-state index contributed by atoms with van der Waals surface area (Å²) in [6.07, 6.45) is 1.15. The van der Waals surface area contributed by atoms with E-state index in [0.29, 0.717) is 11.8 Å². The third-order valence-electron chi connectivity index (χ3n) is 3.51. The van der Waals surface area contributed by atoms with Gasteiger partial charge in [-0.2, -0.15) is 0 Å². The van der Waals surface area contributed by atoms with E-state index in [1.165, 1.54) is 16.7 Å². The smallest absolute Gasteiger partial charge is 0.000813 e. The van der Waals surface area contributed by atoms with Crippen LogP contribution in [0.1, 0.15) is 31.7 Å². The lowest BCUT2D eigenvalue weighted by Crippen LogP contribution is -2.14. The summed E-state index contributed by atoms with van der Waals surface area (Å²) in [5.41, 5.74) is 9.85. The van der Waals surface area contributed by atoms with Crippen molar-refractivity contribution in [3.63, 3.8) is 0 Å². The first-order chi connectivity index (χ1) is 9.20. The molecule has 1 nitrogen and oxygen atoms in total. The first-order valence-electron chi connectivity index (χ1n) is 7.06. The Morgan fingerprint density at radius 3 is 2.21 bits per heavy atom. The Balaban J connectivity index is 2.28. The Hall–Kier alpha value is -1.60. The van der Waals surface area contributed by atoms with E-state index >= 15 is 0 Å². The predicted molar refractivity (Wildman–Crippen MR) is 83.1 cm³/mol. The highest BCUT2D eigenvalue weighted by Crippen LogP contribution is 2.27. The third-order valence-corrected chi connectivity index (χ3v) is 3.51. The van der Waals surface area contributed by atoms with Gasteiger partial charge in [-0.05, 0) is 41.5 Å². The Morgan fingerprint density at radius 1 is 0.895 bits per heavy atom. The zero-order valence-corrected chi connectivity index (χ0v) is 11.8. The second-order valence-corrected chi connectivity index (χ2v) is 5.55. The van der Waals surface area contributed by atoms with E-state index in [9.17, 15) is 0 Å². The molecule has 0 aromatic heterocycles. The zero-order chi connectivity index (χ0) is 13.7.